The maximum Gasteiger partial charge on any atom is 0.337 e. The molecule has 0 radical (unpaired) electrons. The topological polar surface area (TPSA) is 75.3 Å². The van der Waals surface area contributed by atoms with Gasteiger partial charge in [-0.3, -0.25) is 0 Å². The quantitative estimate of drug-likeness (QED) is 0.744. The summed E-state index contributed by atoms with van der Waals surface area (Å²) >= 11 is 0. The summed E-state index contributed by atoms with van der Waals surface area (Å²) in [4.78, 5) is 11.2. The van der Waals surface area contributed by atoms with Crippen LogP contribution in [0.1, 0.15) is 34.5 Å². The molecule has 1 atom stereocenters. The highest BCUT2D eigenvalue weighted by molar-refractivity contribution is 5.95. The van der Waals surface area contributed by atoms with Gasteiger partial charge in [-0.25, -0.2) is 4.79 Å². The summed E-state index contributed by atoms with van der Waals surface area (Å²) in [6.45, 7) is 4.03. The molecule has 0 aliphatic heterocycles. The fraction of sp³-hybridized carbons (Fsp3) is 0.188. The molecule has 0 fully saturated rings. The van der Waals surface area contributed by atoms with E-state index in [1.54, 1.807) is 12.1 Å². The highest BCUT2D eigenvalue weighted by atomic mass is 16.4. The molecule has 0 saturated heterocycles. The van der Waals surface area contributed by atoms with Crippen molar-refractivity contribution in [2.24, 2.45) is 0 Å². The third-order valence-electron chi connectivity index (χ3n) is 3.30. The van der Waals surface area contributed by atoms with Crippen molar-refractivity contribution in [1.29, 1.82) is 0 Å². The molecule has 2 aromatic rings. The molecule has 0 aliphatic rings. The van der Waals surface area contributed by atoms with E-state index in [1.807, 2.05) is 38.1 Å². The molecule has 4 heteroatoms. The molecule has 104 valence electrons. The first-order valence-corrected chi connectivity index (χ1v) is 6.44. The molecule has 0 amide bonds. The molecule has 0 heterocycles. The average Bonchev–Trinajstić information content (AvgIpc) is 2.38. The van der Waals surface area contributed by atoms with Gasteiger partial charge in [0.05, 0.1) is 11.3 Å². The smallest absolute Gasteiger partial charge is 0.337 e. The van der Waals surface area contributed by atoms with Crippen LogP contribution < -0.4 is 11.1 Å². The van der Waals surface area contributed by atoms with Crippen molar-refractivity contribution in [3.8, 4) is 0 Å². The molecule has 0 aromatic heterocycles. The summed E-state index contributed by atoms with van der Waals surface area (Å²) in [7, 11) is 0. The van der Waals surface area contributed by atoms with E-state index in [0.717, 1.165) is 11.1 Å². The van der Waals surface area contributed by atoms with Gasteiger partial charge in [0.2, 0.25) is 0 Å². The van der Waals surface area contributed by atoms with Crippen LogP contribution in [-0.2, 0) is 0 Å². The van der Waals surface area contributed by atoms with E-state index in [0.29, 0.717) is 11.4 Å². The van der Waals surface area contributed by atoms with Crippen LogP contribution in [0.25, 0.3) is 0 Å². The number of nitrogens with two attached hydrogens (primary N) is 1. The Hall–Kier alpha value is -2.49. The van der Waals surface area contributed by atoms with E-state index in [1.165, 1.54) is 6.07 Å². The summed E-state index contributed by atoms with van der Waals surface area (Å²) in [6, 6.07) is 12.8. The lowest BCUT2D eigenvalue weighted by Gasteiger charge is -2.19. The minimum atomic E-state index is -0.968. The number of nitrogen functional groups attached to an aromatic ring is 1. The Labute approximate surface area is 118 Å². The molecule has 2 aromatic carbocycles. The van der Waals surface area contributed by atoms with E-state index in [9.17, 15) is 9.90 Å². The Morgan fingerprint density at radius 3 is 2.60 bits per heavy atom. The summed E-state index contributed by atoms with van der Waals surface area (Å²) in [6.07, 6.45) is 0. The second-order valence-corrected chi connectivity index (χ2v) is 4.83. The fourth-order valence-corrected chi connectivity index (χ4v) is 2.25. The number of hydrogen-bond donors (Lipinski definition) is 3. The van der Waals surface area contributed by atoms with Crippen LogP contribution in [-0.4, -0.2) is 11.1 Å². The van der Waals surface area contributed by atoms with E-state index < -0.39 is 5.97 Å². The van der Waals surface area contributed by atoms with Crippen molar-refractivity contribution in [2.75, 3.05) is 11.1 Å². The van der Waals surface area contributed by atoms with Gasteiger partial charge < -0.3 is 16.2 Å². The second kappa shape index (κ2) is 5.65. The summed E-state index contributed by atoms with van der Waals surface area (Å²) in [5.74, 6) is -0.968. The molecule has 0 aliphatic carbocycles. The number of aryl methyl sites for hydroxylation is 1. The monoisotopic (exact) mass is 270 g/mol. The highest BCUT2D eigenvalue weighted by Gasteiger charge is 2.14. The van der Waals surface area contributed by atoms with Gasteiger partial charge in [0.1, 0.15) is 0 Å². The minimum Gasteiger partial charge on any atom is -0.478 e. The number of benzene rings is 2. The number of aromatic carboxylic acids is 1. The zero-order valence-electron chi connectivity index (χ0n) is 11.6. The van der Waals surface area contributed by atoms with Gasteiger partial charge in [0.25, 0.3) is 0 Å². The van der Waals surface area contributed by atoms with Gasteiger partial charge >= 0.3 is 5.97 Å². The predicted molar refractivity (Wildman–Crippen MR) is 81.0 cm³/mol. The Bertz CT molecular complexity index is 638. The van der Waals surface area contributed by atoms with Crippen LogP contribution in [0.15, 0.2) is 42.5 Å². The maximum atomic E-state index is 11.2. The van der Waals surface area contributed by atoms with E-state index in [4.69, 9.17) is 5.73 Å². The van der Waals surface area contributed by atoms with Gasteiger partial charge in [0.15, 0.2) is 0 Å². The van der Waals surface area contributed by atoms with Crippen molar-refractivity contribution in [2.45, 2.75) is 19.9 Å². The molecule has 2 rings (SSSR count). The number of carboxylic acid groups (broad SMARTS) is 1. The lowest BCUT2D eigenvalue weighted by molar-refractivity contribution is 0.0698. The molecule has 0 bridgehead atoms. The predicted octanol–water partition coefficient (Wildman–Crippen LogP) is 3.45. The van der Waals surface area contributed by atoms with E-state index in [-0.39, 0.29) is 11.6 Å². The van der Waals surface area contributed by atoms with Crippen LogP contribution in [0.2, 0.25) is 0 Å². The van der Waals surface area contributed by atoms with Gasteiger partial charge in [-0.05, 0) is 43.2 Å². The molecular weight excluding hydrogens is 252 g/mol. The van der Waals surface area contributed by atoms with E-state index >= 15 is 0 Å². The van der Waals surface area contributed by atoms with E-state index in [2.05, 4.69) is 5.32 Å². The fourth-order valence-electron chi connectivity index (χ4n) is 2.25. The third kappa shape index (κ3) is 2.91. The Kier molecular flexibility index (Phi) is 3.94. The number of carbonyl (C=O) groups is 1. The molecule has 1 unspecified atom stereocenters. The van der Waals surface area contributed by atoms with Crippen LogP contribution in [0.4, 0.5) is 11.4 Å². The molecule has 0 saturated carbocycles. The summed E-state index contributed by atoms with van der Waals surface area (Å²) in [5, 5.41) is 12.4. The van der Waals surface area contributed by atoms with Crippen LogP contribution in [0.3, 0.4) is 0 Å². The van der Waals surface area contributed by atoms with Crippen LogP contribution >= 0.6 is 0 Å². The van der Waals surface area contributed by atoms with Gasteiger partial charge in [-0.1, -0.05) is 24.3 Å². The van der Waals surface area contributed by atoms with Crippen LogP contribution in [0.5, 0.6) is 0 Å². The maximum absolute atomic E-state index is 11.2. The number of carboxylic acids is 1. The molecular formula is C16H18N2O2. The first kappa shape index (κ1) is 13.9. The minimum absolute atomic E-state index is 0.00361. The SMILES string of the molecule is Cc1ccccc1C(C)Nc1cc(N)ccc1C(=O)O. The number of nitrogens with one attached hydrogen (secondary N) is 1. The Balaban J connectivity index is 2.32. The average molecular weight is 270 g/mol. The van der Waals surface area contributed by atoms with Gasteiger partial charge in [-0.15, -0.1) is 0 Å². The largest absolute Gasteiger partial charge is 0.478 e. The zero-order valence-corrected chi connectivity index (χ0v) is 11.6. The normalized spacial score (nSPS) is 11.9. The zero-order chi connectivity index (χ0) is 14.7. The molecule has 4 N–H and O–H groups in total. The van der Waals surface area contributed by atoms with Crippen molar-refractivity contribution >= 4 is 17.3 Å². The molecule has 20 heavy (non-hydrogen) atoms. The molecule has 4 nitrogen and oxygen atoms in total. The number of anilines is 2. The summed E-state index contributed by atoms with van der Waals surface area (Å²) < 4.78 is 0. The lowest BCUT2D eigenvalue weighted by atomic mass is 10.0. The van der Waals surface area contributed by atoms with Crippen molar-refractivity contribution in [1.82, 2.24) is 0 Å². The lowest BCUT2D eigenvalue weighted by Crippen LogP contribution is -2.12. The summed E-state index contributed by atoms with van der Waals surface area (Å²) in [5.41, 5.74) is 9.32. The number of rotatable bonds is 4. The Morgan fingerprint density at radius 2 is 1.95 bits per heavy atom. The van der Waals surface area contributed by atoms with Crippen LogP contribution in [0, 0.1) is 6.92 Å². The molecule has 0 spiro atoms. The third-order valence-corrected chi connectivity index (χ3v) is 3.30. The van der Waals surface area contributed by atoms with Crippen molar-refractivity contribution < 1.29 is 9.90 Å². The Morgan fingerprint density at radius 1 is 1.25 bits per heavy atom. The first-order chi connectivity index (χ1) is 9.49. The second-order valence-electron chi connectivity index (χ2n) is 4.83. The first-order valence-electron chi connectivity index (χ1n) is 6.44. The van der Waals surface area contributed by atoms with Crippen molar-refractivity contribution in [3.63, 3.8) is 0 Å². The highest BCUT2D eigenvalue weighted by Crippen LogP contribution is 2.26. The standard InChI is InChI=1S/C16H18N2O2/c1-10-5-3-4-6-13(10)11(2)18-15-9-12(17)7-8-14(15)16(19)20/h3-9,11,18H,17H2,1-2H3,(H,19,20). The van der Waals surface area contributed by atoms with Crippen molar-refractivity contribution in [3.05, 3.63) is 59.2 Å². The number of hydrogen-bond acceptors (Lipinski definition) is 3. The van der Waals surface area contributed by atoms with Gasteiger partial charge in [0, 0.05) is 11.7 Å². The van der Waals surface area contributed by atoms with Gasteiger partial charge in [-0.2, -0.15) is 0 Å².